The Kier molecular flexibility index (Phi) is 2.35. The van der Waals surface area contributed by atoms with Crippen LogP contribution in [0, 0.1) is 17.3 Å². The van der Waals surface area contributed by atoms with Crippen molar-refractivity contribution in [3.05, 3.63) is 0 Å². The molecular formula is C14H25N. The molecular weight excluding hydrogens is 182 g/mol. The molecule has 0 atom stereocenters. The molecule has 1 saturated heterocycles. The fraction of sp³-hybridized carbons (Fsp3) is 1.00. The molecule has 1 nitrogen and oxygen atoms in total. The van der Waals surface area contributed by atoms with Crippen LogP contribution < -0.4 is 0 Å². The maximum Gasteiger partial charge on any atom is 0.00964 e. The van der Waals surface area contributed by atoms with Crippen LogP contribution in [0.3, 0.4) is 0 Å². The van der Waals surface area contributed by atoms with Crippen LogP contribution >= 0.6 is 0 Å². The predicted molar refractivity (Wildman–Crippen MR) is 63.8 cm³/mol. The highest BCUT2D eigenvalue weighted by Crippen LogP contribution is 2.55. The minimum Gasteiger partial charge on any atom is -0.300 e. The molecule has 3 aliphatic rings. The van der Waals surface area contributed by atoms with Crippen LogP contribution in [-0.2, 0) is 0 Å². The summed E-state index contributed by atoms with van der Waals surface area (Å²) in [5, 5.41) is 0. The highest BCUT2D eigenvalue weighted by molar-refractivity contribution is 4.99. The van der Waals surface area contributed by atoms with Crippen LogP contribution in [0.15, 0.2) is 0 Å². The summed E-state index contributed by atoms with van der Waals surface area (Å²) in [4.78, 5) is 2.76. The monoisotopic (exact) mass is 207 g/mol. The minimum atomic E-state index is 0.806. The van der Waals surface area contributed by atoms with Gasteiger partial charge in [-0.05, 0) is 68.9 Å². The molecule has 3 rings (SSSR count). The molecule has 86 valence electrons. The van der Waals surface area contributed by atoms with Gasteiger partial charge >= 0.3 is 0 Å². The van der Waals surface area contributed by atoms with Crippen LogP contribution in [-0.4, -0.2) is 24.0 Å². The molecule has 0 aromatic carbocycles. The van der Waals surface area contributed by atoms with E-state index in [0.717, 1.165) is 23.3 Å². The Hall–Kier alpha value is -0.0400. The van der Waals surface area contributed by atoms with Crippen molar-refractivity contribution in [1.82, 2.24) is 4.90 Å². The van der Waals surface area contributed by atoms with E-state index in [4.69, 9.17) is 0 Å². The van der Waals surface area contributed by atoms with E-state index in [-0.39, 0.29) is 0 Å². The molecule has 0 aromatic heterocycles. The van der Waals surface area contributed by atoms with E-state index < -0.39 is 0 Å². The third-order valence-electron chi connectivity index (χ3n) is 5.26. The smallest absolute Gasteiger partial charge is 0.00964 e. The molecule has 1 aliphatic heterocycles. The van der Waals surface area contributed by atoms with Gasteiger partial charge in [-0.2, -0.15) is 0 Å². The van der Waals surface area contributed by atoms with E-state index in [1.54, 1.807) is 12.8 Å². The van der Waals surface area contributed by atoms with E-state index in [0.29, 0.717) is 0 Å². The largest absolute Gasteiger partial charge is 0.300 e. The van der Waals surface area contributed by atoms with Crippen LogP contribution in [0.1, 0.15) is 52.4 Å². The summed E-state index contributed by atoms with van der Waals surface area (Å²) in [6.07, 6.45) is 9.08. The van der Waals surface area contributed by atoms with Gasteiger partial charge in [-0.1, -0.05) is 13.8 Å². The van der Waals surface area contributed by atoms with Crippen molar-refractivity contribution in [1.29, 1.82) is 0 Å². The number of rotatable bonds is 2. The van der Waals surface area contributed by atoms with Crippen molar-refractivity contribution in [2.45, 2.75) is 58.4 Å². The van der Waals surface area contributed by atoms with Crippen LogP contribution in [0.25, 0.3) is 0 Å². The van der Waals surface area contributed by atoms with Gasteiger partial charge in [-0.15, -0.1) is 0 Å². The van der Waals surface area contributed by atoms with Crippen LogP contribution in [0.2, 0.25) is 0 Å². The second-order valence-electron chi connectivity index (χ2n) is 6.68. The molecule has 3 fully saturated rings. The highest BCUT2D eigenvalue weighted by Gasteiger charge is 2.47. The van der Waals surface area contributed by atoms with Crippen molar-refractivity contribution < 1.29 is 0 Å². The van der Waals surface area contributed by atoms with Crippen molar-refractivity contribution in [3.63, 3.8) is 0 Å². The normalized spacial score (nSPS) is 32.2. The number of nitrogens with zero attached hydrogens (tertiary/aromatic N) is 1. The fourth-order valence-corrected chi connectivity index (χ4v) is 3.74. The zero-order valence-electron chi connectivity index (χ0n) is 10.3. The molecule has 2 aliphatic carbocycles. The van der Waals surface area contributed by atoms with Gasteiger partial charge in [0.05, 0.1) is 0 Å². The van der Waals surface area contributed by atoms with Gasteiger partial charge in [0.1, 0.15) is 0 Å². The average Bonchev–Trinajstić information content (AvgIpc) is 2.97. The number of hydrogen-bond donors (Lipinski definition) is 0. The number of hydrogen-bond acceptors (Lipinski definition) is 1. The highest BCUT2D eigenvalue weighted by atomic mass is 15.2. The first-order chi connectivity index (χ1) is 7.19. The fourth-order valence-electron chi connectivity index (χ4n) is 3.74. The Bertz CT molecular complexity index is 226. The summed E-state index contributed by atoms with van der Waals surface area (Å²) in [5.41, 5.74) is 0.806. The molecule has 15 heavy (non-hydrogen) atoms. The summed E-state index contributed by atoms with van der Waals surface area (Å²) in [7, 11) is 0. The molecule has 0 N–H and O–H groups in total. The van der Waals surface area contributed by atoms with E-state index >= 15 is 0 Å². The standard InChI is InChI=1S/C14H25N/c1-11(2)12-9-14(10-12)5-7-15(8-6-14)13-3-4-13/h11-13H,3-10H2,1-2H3. The molecule has 0 bridgehead atoms. The molecule has 0 radical (unpaired) electrons. The van der Waals surface area contributed by atoms with Crippen molar-refractivity contribution in [2.24, 2.45) is 17.3 Å². The molecule has 2 saturated carbocycles. The molecule has 0 amide bonds. The van der Waals surface area contributed by atoms with E-state index in [9.17, 15) is 0 Å². The quantitative estimate of drug-likeness (QED) is 0.671. The summed E-state index contributed by atoms with van der Waals surface area (Å²) in [6, 6.07) is 1.00. The lowest BCUT2D eigenvalue weighted by molar-refractivity contribution is -0.0324. The first kappa shape index (κ1) is 10.1. The summed E-state index contributed by atoms with van der Waals surface area (Å²) in [5.74, 6) is 1.98. The lowest BCUT2D eigenvalue weighted by Crippen LogP contribution is -2.48. The number of likely N-dealkylation sites (tertiary alicyclic amines) is 1. The van der Waals surface area contributed by atoms with E-state index in [2.05, 4.69) is 18.7 Å². The summed E-state index contributed by atoms with van der Waals surface area (Å²) in [6.45, 7) is 7.62. The SMILES string of the molecule is CC(C)C1CC2(CCN(C3CC3)CC2)C1. The van der Waals surface area contributed by atoms with Gasteiger partial charge in [0.15, 0.2) is 0 Å². The molecule has 1 spiro atoms. The molecule has 0 aromatic rings. The third-order valence-corrected chi connectivity index (χ3v) is 5.26. The Morgan fingerprint density at radius 3 is 2.13 bits per heavy atom. The summed E-state index contributed by atoms with van der Waals surface area (Å²) < 4.78 is 0. The van der Waals surface area contributed by atoms with Gasteiger partial charge in [0.2, 0.25) is 0 Å². The Balaban J connectivity index is 1.50. The number of piperidine rings is 1. The van der Waals surface area contributed by atoms with Gasteiger partial charge in [-0.3, -0.25) is 0 Å². The first-order valence-electron chi connectivity index (χ1n) is 6.93. The topological polar surface area (TPSA) is 3.24 Å². The third kappa shape index (κ3) is 1.84. The predicted octanol–water partition coefficient (Wildman–Crippen LogP) is 3.30. The van der Waals surface area contributed by atoms with Crippen molar-refractivity contribution >= 4 is 0 Å². The van der Waals surface area contributed by atoms with Crippen LogP contribution in [0.4, 0.5) is 0 Å². The minimum absolute atomic E-state index is 0.806. The Morgan fingerprint density at radius 2 is 1.67 bits per heavy atom. The van der Waals surface area contributed by atoms with Crippen LogP contribution in [0.5, 0.6) is 0 Å². The van der Waals surface area contributed by atoms with Crippen molar-refractivity contribution in [2.75, 3.05) is 13.1 Å². The zero-order chi connectivity index (χ0) is 10.5. The van der Waals surface area contributed by atoms with E-state index in [1.165, 1.54) is 38.8 Å². The summed E-state index contributed by atoms with van der Waals surface area (Å²) >= 11 is 0. The maximum atomic E-state index is 2.76. The second kappa shape index (κ2) is 3.48. The lowest BCUT2D eigenvalue weighted by Gasteiger charge is -2.54. The van der Waals surface area contributed by atoms with E-state index in [1.807, 2.05) is 0 Å². The zero-order valence-corrected chi connectivity index (χ0v) is 10.3. The molecule has 1 heteroatoms. The molecule has 0 unspecified atom stereocenters. The molecule has 1 heterocycles. The van der Waals surface area contributed by atoms with Gasteiger partial charge in [0.25, 0.3) is 0 Å². The van der Waals surface area contributed by atoms with Gasteiger partial charge in [-0.25, -0.2) is 0 Å². The Morgan fingerprint density at radius 1 is 1.07 bits per heavy atom. The Labute approximate surface area is 94.2 Å². The van der Waals surface area contributed by atoms with Gasteiger partial charge < -0.3 is 4.90 Å². The average molecular weight is 207 g/mol. The maximum absolute atomic E-state index is 2.76. The second-order valence-corrected chi connectivity index (χ2v) is 6.68. The first-order valence-corrected chi connectivity index (χ1v) is 6.93. The van der Waals surface area contributed by atoms with Crippen molar-refractivity contribution in [3.8, 4) is 0 Å². The van der Waals surface area contributed by atoms with Gasteiger partial charge in [0, 0.05) is 6.04 Å². The lowest BCUT2D eigenvalue weighted by atomic mass is 9.55.